The largest absolute Gasteiger partial charge is 0.468 e. The fourth-order valence-corrected chi connectivity index (χ4v) is 0.963. The molecule has 0 aliphatic carbocycles. The average Bonchev–Trinajstić information content (AvgIpc) is 2.15. The van der Waals surface area contributed by atoms with E-state index in [2.05, 4.69) is 4.74 Å². The molecule has 76 valence electrons. The van der Waals surface area contributed by atoms with Crippen molar-refractivity contribution in [2.45, 2.75) is 38.6 Å². The Kier molecular flexibility index (Phi) is 6.14. The molecule has 13 heavy (non-hydrogen) atoms. The highest BCUT2D eigenvalue weighted by Gasteiger charge is 2.21. The quantitative estimate of drug-likeness (QED) is 0.376. The molecule has 4 heteroatoms. The first-order chi connectivity index (χ1) is 6.13. The normalized spacial score (nSPS) is 12.2. The lowest BCUT2D eigenvalue weighted by atomic mass is 10.1. The molecule has 4 nitrogen and oxygen atoms in total. The van der Waals surface area contributed by atoms with E-state index in [4.69, 9.17) is 5.73 Å². The maximum absolute atomic E-state index is 11.2. The van der Waals surface area contributed by atoms with Gasteiger partial charge in [0.05, 0.1) is 7.11 Å². The fraction of sp³-hybridized carbons (Fsp3) is 0.778. The van der Waals surface area contributed by atoms with Gasteiger partial charge in [-0.1, -0.05) is 19.8 Å². The van der Waals surface area contributed by atoms with Crippen molar-refractivity contribution in [2.75, 3.05) is 7.11 Å². The Bertz CT molecular complexity index is 180. The summed E-state index contributed by atoms with van der Waals surface area (Å²) in [7, 11) is 1.22. The highest BCUT2D eigenvalue weighted by molar-refractivity contribution is 6.02. The topological polar surface area (TPSA) is 69.4 Å². The third-order valence-electron chi connectivity index (χ3n) is 1.83. The van der Waals surface area contributed by atoms with E-state index >= 15 is 0 Å². The molecule has 0 saturated carbocycles. The lowest BCUT2D eigenvalue weighted by Crippen LogP contribution is -2.39. The van der Waals surface area contributed by atoms with Gasteiger partial charge in [0.1, 0.15) is 0 Å². The summed E-state index contributed by atoms with van der Waals surface area (Å²) < 4.78 is 4.35. The molecule has 2 N–H and O–H groups in total. The van der Waals surface area contributed by atoms with Crippen LogP contribution in [0.25, 0.3) is 0 Å². The number of unbranched alkanes of at least 4 members (excludes halogenated alkanes) is 2. The summed E-state index contributed by atoms with van der Waals surface area (Å²) in [4.78, 5) is 22.0. The number of carbonyl (C=O) groups excluding carboxylic acids is 2. The maximum atomic E-state index is 11.2. The number of Topliss-reactive ketones (excluding diaryl/α,β-unsaturated/α-hetero) is 1. The summed E-state index contributed by atoms with van der Waals surface area (Å²) in [6.45, 7) is 2.05. The van der Waals surface area contributed by atoms with Crippen molar-refractivity contribution in [1.29, 1.82) is 0 Å². The van der Waals surface area contributed by atoms with Gasteiger partial charge >= 0.3 is 5.97 Å². The third kappa shape index (κ3) is 4.62. The van der Waals surface area contributed by atoms with Crippen LogP contribution in [0.3, 0.4) is 0 Å². The Labute approximate surface area is 78.4 Å². The van der Waals surface area contributed by atoms with E-state index in [1.165, 1.54) is 7.11 Å². The minimum atomic E-state index is -1.10. The number of methoxy groups -OCH3 is 1. The van der Waals surface area contributed by atoms with Gasteiger partial charge in [-0.25, -0.2) is 4.79 Å². The monoisotopic (exact) mass is 187 g/mol. The Balaban J connectivity index is 3.76. The van der Waals surface area contributed by atoms with Gasteiger partial charge in [-0.3, -0.25) is 4.79 Å². The summed E-state index contributed by atoms with van der Waals surface area (Å²) in [6.07, 6.45) is 3.19. The van der Waals surface area contributed by atoms with Gasteiger partial charge in [0, 0.05) is 6.42 Å². The number of nitrogens with two attached hydrogens (primary N) is 1. The lowest BCUT2D eigenvalue weighted by molar-refractivity contribution is -0.145. The van der Waals surface area contributed by atoms with E-state index in [1.54, 1.807) is 0 Å². The molecule has 0 heterocycles. The SMILES string of the molecule is CCCCCC(=O)C(N)C(=O)OC. The van der Waals surface area contributed by atoms with E-state index in [9.17, 15) is 9.59 Å². The van der Waals surface area contributed by atoms with Crippen molar-refractivity contribution in [3.63, 3.8) is 0 Å². The molecular formula is C9H17NO3. The second-order valence-corrected chi connectivity index (χ2v) is 2.92. The Morgan fingerprint density at radius 3 is 2.46 bits per heavy atom. The molecule has 0 rings (SSSR count). The molecular weight excluding hydrogens is 170 g/mol. The summed E-state index contributed by atoms with van der Waals surface area (Å²) in [6, 6.07) is -1.10. The molecule has 0 aromatic carbocycles. The van der Waals surface area contributed by atoms with Gasteiger partial charge in [0.15, 0.2) is 11.8 Å². The number of hydrogen-bond donors (Lipinski definition) is 1. The zero-order valence-electron chi connectivity index (χ0n) is 8.21. The summed E-state index contributed by atoms with van der Waals surface area (Å²) >= 11 is 0. The second kappa shape index (κ2) is 6.60. The lowest BCUT2D eigenvalue weighted by Gasteiger charge is -2.07. The van der Waals surface area contributed by atoms with Crippen LogP contribution in [-0.2, 0) is 14.3 Å². The van der Waals surface area contributed by atoms with Crippen LogP contribution in [0.4, 0.5) is 0 Å². The van der Waals surface area contributed by atoms with Crippen molar-refractivity contribution in [3.8, 4) is 0 Å². The number of ether oxygens (including phenoxy) is 1. The molecule has 0 radical (unpaired) electrons. The van der Waals surface area contributed by atoms with Crippen LogP contribution < -0.4 is 5.73 Å². The van der Waals surface area contributed by atoms with Crippen molar-refractivity contribution in [2.24, 2.45) is 5.73 Å². The molecule has 0 spiro atoms. The third-order valence-corrected chi connectivity index (χ3v) is 1.83. The zero-order valence-corrected chi connectivity index (χ0v) is 8.21. The number of rotatable bonds is 6. The predicted octanol–water partition coefficient (Wildman–Crippen LogP) is 0.636. The van der Waals surface area contributed by atoms with Crippen LogP contribution >= 0.6 is 0 Å². The molecule has 0 saturated heterocycles. The van der Waals surface area contributed by atoms with Crippen molar-refractivity contribution >= 4 is 11.8 Å². The number of hydrogen-bond acceptors (Lipinski definition) is 4. The number of carbonyl (C=O) groups is 2. The Morgan fingerprint density at radius 1 is 1.38 bits per heavy atom. The molecule has 0 aromatic rings. The molecule has 1 atom stereocenters. The molecule has 0 aliphatic heterocycles. The van der Waals surface area contributed by atoms with Crippen LogP contribution in [0.15, 0.2) is 0 Å². The molecule has 0 bridgehead atoms. The van der Waals surface area contributed by atoms with E-state index < -0.39 is 12.0 Å². The van der Waals surface area contributed by atoms with E-state index in [-0.39, 0.29) is 5.78 Å². The number of esters is 1. The van der Waals surface area contributed by atoms with Crippen LogP contribution in [0.5, 0.6) is 0 Å². The van der Waals surface area contributed by atoms with E-state index in [0.717, 1.165) is 19.3 Å². The minimum absolute atomic E-state index is 0.236. The van der Waals surface area contributed by atoms with Crippen molar-refractivity contribution in [1.82, 2.24) is 0 Å². The highest BCUT2D eigenvalue weighted by atomic mass is 16.5. The zero-order chi connectivity index (χ0) is 10.3. The fourth-order valence-electron chi connectivity index (χ4n) is 0.963. The minimum Gasteiger partial charge on any atom is -0.468 e. The standard InChI is InChI=1S/C9H17NO3/c1-3-4-5-6-7(11)8(10)9(12)13-2/h8H,3-6,10H2,1-2H3. The van der Waals surface area contributed by atoms with E-state index in [0.29, 0.717) is 6.42 Å². The first kappa shape index (κ1) is 12.1. The maximum Gasteiger partial charge on any atom is 0.330 e. The van der Waals surface area contributed by atoms with Crippen LogP contribution in [0.1, 0.15) is 32.6 Å². The molecule has 0 amide bonds. The summed E-state index contributed by atoms with van der Waals surface area (Å²) in [5.41, 5.74) is 5.33. The molecule has 0 aromatic heterocycles. The van der Waals surface area contributed by atoms with Gasteiger partial charge in [0.25, 0.3) is 0 Å². The van der Waals surface area contributed by atoms with Gasteiger partial charge in [0.2, 0.25) is 0 Å². The van der Waals surface area contributed by atoms with E-state index in [1.807, 2.05) is 6.92 Å². The van der Waals surface area contributed by atoms with Crippen molar-refractivity contribution in [3.05, 3.63) is 0 Å². The average molecular weight is 187 g/mol. The van der Waals surface area contributed by atoms with Gasteiger partial charge in [-0.2, -0.15) is 0 Å². The molecule has 0 aliphatic rings. The smallest absolute Gasteiger partial charge is 0.330 e. The molecule has 0 fully saturated rings. The first-order valence-electron chi connectivity index (χ1n) is 4.49. The second-order valence-electron chi connectivity index (χ2n) is 2.92. The van der Waals surface area contributed by atoms with Gasteiger partial charge in [-0.15, -0.1) is 0 Å². The summed E-state index contributed by atoms with van der Waals surface area (Å²) in [5, 5.41) is 0. The van der Waals surface area contributed by atoms with Crippen LogP contribution in [0, 0.1) is 0 Å². The van der Waals surface area contributed by atoms with Gasteiger partial charge < -0.3 is 10.5 Å². The van der Waals surface area contributed by atoms with Gasteiger partial charge in [-0.05, 0) is 6.42 Å². The first-order valence-corrected chi connectivity index (χ1v) is 4.49. The number of ketones is 1. The molecule has 1 unspecified atom stereocenters. The summed E-state index contributed by atoms with van der Waals surface area (Å²) in [5.74, 6) is -0.887. The Hall–Kier alpha value is -0.900. The van der Waals surface area contributed by atoms with Crippen LogP contribution in [-0.4, -0.2) is 24.9 Å². The highest BCUT2D eigenvalue weighted by Crippen LogP contribution is 2.01. The Morgan fingerprint density at radius 2 is 2.00 bits per heavy atom. The predicted molar refractivity (Wildman–Crippen MR) is 49.1 cm³/mol. The van der Waals surface area contributed by atoms with Crippen molar-refractivity contribution < 1.29 is 14.3 Å². The van der Waals surface area contributed by atoms with Crippen LogP contribution in [0.2, 0.25) is 0 Å².